The van der Waals surface area contributed by atoms with Gasteiger partial charge < -0.3 is 14.3 Å². The Hall–Kier alpha value is -3.15. The van der Waals surface area contributed by atoms with Crippen molar-refractivity contribution in [2.24, 2.45) is 0 Å². The lowest BCUT2D eigenvalue weighted by Gasteiger charge is -2.26. The SMILES string of the molecule is CCCN(Cc1c(-c2ccccc2)noc1N(C)C(C)C)C(=O)c1ccccc1F. The van der Waals surface area contributed by atoms with Crippen molar-refractivity contribution in [2.45, 2.75) is 39.8 Å². The zero-order valence-electron chi connectivity index (χ0n) is 17.9. The van der Waals surface area contributed by atoms with Gasteiger partial charge in [-0.3, -0.25) is 4.79 Å². The Bertz CT molecular complexity index is 985. The second kappa shape index (κ2) is 9.57. The molecule has 0 aliphatic carbocycles. The lowest BCUT2D eigenvalue weighted by atomic mass is 10.1. The van der Waals surface area contributed by atoms with Crippen LogP contribution < -0.4 is 4.90 Å². The maximum atomic E-state index is 14.3. The molecule has 2 aromatic carbocycles. The van der Waals surface area contributed by atoms with Gasteiger partial charge in [0, 0.05) is 25.2 Å². The zero-order valence-corrected chi connectivity index (χ0v) is 17.9. The number of hydrogen-bond donors (Lipinski definition) is 0. The molecule has 0 N–H and O–H groups in total. The third kappa shape index (κ3) is 4.53. The molecule has 5 nitrogen and oxygen atoms in total. The van der Waals surface area contributed by atoms with E-state index < -0.39 is 5.82 Å². The predicted molar refractivity (Wildman–Crippen MR) is 117 cm³/mol. The highest BCUT2D eigenvalue weighted by atomic mass is 19.1. The lowest BCUT2D eigenvalue weighted by molar-refractivity contribution is 0.0738. The average Bonchev–Trinajstić information content (AvgIpc) is 3.16. The number of hydrogen-bond acceptors (Lipinski definition) is 4. The number of amides is 1. The molecule has 0 aliphatic rings. The highest BCUT2D eigenvalue weighted by molar-refractivity contribution is 5.94. The first-order valence-corrected chi connectivity index (χ1v) is 10.2. The maximum absolute atomic E-state index is 14.3. The van der Waals surface area contributed by atoms with Gasteiger partial charge in [-0.1, -0.05) is 54.5 Å². The predicted octanol–water partition coefficient (Wildman–Crippen LogP) is 5.38. The standard InChI is InChI=1S/C24H28FN3O2/c1-5-15-28(23(29)19-13-9-10-14-21(19)25)16-20-22(18-11-7-6-8-12-18)26-30-24(20)27(4)17(2)3/h6-14,17H,5,15-16H2,1-4H3. The van der Waals surface area contributed by atoms with E-state index in [1.54, 1.807) is 17.0 Å². The van der Waals surface area contributed by atoms with Gasteiger partial charge in [-0.2, -0.15) is 0 Å². The lowest BCUT2D eigenvalue weighted by Crippen LogP contribution is -2.33. The topological polar surface area (TPSA) is 49.6 Å². The van der Waals surface area contributed by atoms with E-state index in [1.165, 1.54) is 12.1 Å². The van der Waals surface area contributed by atoms with Crippen LogP contribution in [0, 0.1) is 5.82 Å². The molecule has 158 valence electrons. The number of rotatable bonds is 8. The van der Waals surface area contributed by atoms with Gasteiger partial charge in [0.25, 0.3) is 5.91 Å². The Kier molecular flexibility index (Phi) is 6.87. The van der Waals surface area contributed by atoms with Crippen LogP contribution in [-0.4, -0.2) is 35.6 Å². The van der Waals surface area contributed by atoms with Gasteiger partial charge in [0.1, 0.15) is 11.5 Å². The summed E-state index contributed by atoms with van der Waals surface area (Å²) in [6.07, 6.45) is 0.751. The van der Waals surface area contributed by atoms with Crippen molar-refractivity contribution in [3.8, 4) is 11.3 Å². The first-order valence-electron chi connectivity index (χ1n) is 10.2. The molecule has 0 atom stereocenters. The number of carbonyl (C=O) groups excluding carboxylic acids is 1. The molecule has 1 amide bonds. The molecular formula is C24H28FN3O2. The smallest absolute Gasteiger partial charge is 0.257 e. The second-order valence-corrected chi connectivity index (χ2v) is 7.59. The van der Waals surface area contributed by atoms with E-state index >= 15 is 0 Å². The minimum absolute atomic E-state index is 0.0717. The van der Waals surface area contributed by atoms with Crippen molar-refractivity contribution in [1.82, 2.24) is 10.1 Å². The van der Waals surface area contributed by atoms with E-state index in [4.69, 9.17) is 4.52 Å². The minimum Gasteiger partial charge on any atom is -0.341 e. The number of nitrogens with zero attached hydrogens (tertiary/aromatic N) is 3. The van der Waals surface area contributed by atoms with Gasteiger partial charge in [0.05, 0.1) is 17.7 Å². The first-order chi connectivity index (χ1) is 14.4. The van der Waals surface area contributed by atoms with Gasteiger partial charge >= 0.3 is 0 Å². The molecule has 3 rings (SSSR count). The van der Waals surface area contributed by atoms with Crippen LogP contribution in [-0.2, 0) is 6.54 Å². The normalized spacial score (nSPS) is 11.0. The van der Waals surface area contributed by atoms with E-state index in [2.05, 4.69) is 19.0 Å². The van der Waals surface area contributed by atoms with Crippen molar-refractivity contribution in [2.75, 3.05) is 18.5 Å². The third-order valence-corrected chi connectivity index (χ3v) is 5.14. The average molecular weight is 410 g/mol. The van der Waals surface area contributed by atoms with Crippen LogP contribution in [0.4, 0.5) is 10.3 Å². The molecule has 0 saturated carbocycles. The van der Waals surface area contributed by atoms with Crippen LogP contribution in [0.15, 0.2) is 59.1 Å². The summed E-state index contributed by atoms with van der Waals surface area (Å²) in [5.74, 6) is -0.240. The highest BCUT2D eigenvalue weighted by Crippen LogP contribution is 2.33. The van der Waals surface area contributed by atoms with Gasteiger partial charge in [-0.15, -0.1) is 0 Å². The number of halogens is 1. The van der Waals surface area contributed by atoms with E-state index in [0.717, 1.165) is 17.5 Å². The van der Waals surface area contributed by atoms with E-state index in [9.17, 15) is 9.18 Å². The summed E-state index contributed by atoms with van der Waals surface area (Å²) in [5.41, 5.74) is 2.49. The Balaban J connectivity index is 2.04. The van der Waals surface area contributed by atoms with Crippen LogP contribution in [0.5, 0.6) is 0 Å². The molecule has 0 radical (unpaired) electrons. The van der Waals surface area contributed by atoms with Gasteiger partial charge in [-0.25, -0.2) is 4.39 Å². The summed E-state index contributed by atoms with van der Waals surface area (Å²) >= 11 is 0. The fourth-order valence-corrected chi connectivity index (χ4v) is 3.30. The van der Waals surface area contributed by atoms with Crippen LogP contribution in [0.25, 0.3) is 11.3 Å². The molecule has 0 bridgehead atoms. The van der Waals surface area contributed by atoms with E-state index in [0.29, 0.717) is 18.1 Å². The molecule has 0 fully saturated rings. The number of benzene rings is 2. The molecule has 1 aromatic heterocycles. The molecule has 1 heterocycles. The molecule has 0 saturated heterocycles. The van der Waals surface area contributed by atoms with E-state index in [1.807, 2.05) is 49.2 Å². The number of anilines is 1. The fourth-order valence-electron chi connectivity index (χ4n) is 3.30. The van der Waals surface area contributed by atoms with Crippen LogP contribution >= 0.6 is 0 Å². The summed E-state index contributed by atoms with van der Waals surface area (Å²) < 4.78 is 20.0. The first kappa shape index (κ1) is 21.6. The number of aromatic nitrogens is 1. The zero-order chi connectivity index (χ0) is 21.7. The summed E-state index contributed by atoms with van der Waals surface area (Å²) in [5, 5.41) is 4.32. The molecular weight excluding hydrogens is 381 g/mol. The fraction of sp³-hybridized carbons (Fsp3) is 0.333. The van der Waals surface area contributed by atoms with Gasteiger partial charge in [-0.05, 0) is 32.4 Å². The number of carbonyl (C=O) groups is 1. The summed E-state index contributed by atoms with van der Waals surface area (Å²) in [6.45, 7) is 6.89. The molecule has 3 aromatic rings. The summed E-state index contributed by atoms with van der Waals surface area (Å²) in [6, 6.07) is 16.0. The maximum Gasteiger partial charge on any atom is 0.257 e. The van der Waals surface area contributed by atoms with Crippen LogP contribution in [0.2, 0.25) is 0 Å². The Morgan fingerprint density at radius 1 is 1.10 bits per heavy atom. The largest absolute Gasteiger partial charge is 0.341 e. The van der Waals surface area contributed by atoms with Crippen molar-refractivity contribution in [3.63, 3.8) is 0 Å². The Labute approximate surface area is 177 Å². The van der Waals surface area contributed by atoms with Crippen LogP contribution in [0.3, 0.4) is 0 Å². The quantitative estimate of drug-likeness (QED) is 0.501. The molecule has 0 spiro atoms. The Morgan fingerprint density at radius 2 is 1.77 bits per heavy atom. The molecule has 6 heteroatoms. The summed E-state index contributed by atoms with van der Waals surface area (Å²) in [7, 11) is 1.94. The molecule has 0 unspecified atom stereocenters. The third-order valence-electron chi connectivity index (χ3n) is 5.14. The second-order valence-electron chi connectivity index (χ2n) is 7.59. The summed E-state index contributed by atoms with van der Waals surface area (Å²) in [4.78, 5) is 16.8. The highest BCUT2D eigenvalue weighted by Gasteiger charge is 2.27. The monoisotopic (exact) mass is 409 g/mol. The van der Waals surface area contributed by atoms with Crippen molar-refractivity contribution >= 4 is 11.8 Å². The Morgan fingerprint density at radius 3 is 2.40 bits per heavy atom. The molecule has 0 aliphatic heterocycles. The molecule has 30 heavy (non-hydrogen) atoms. The van der Waals surface area contributed by atoms with Gasteiger partial charge in [0.15, 0.2) is 0 Å². The van der Waals surface area contributed by atoms with Crippen molar-refractivity contribution < 1.29 is 13.7 Å². The van der Waals surface area contributed by atoms with Crippen LogP contribution in [0.1, 0.15) is 43.1 Å². The van der Waals surface area contributed by atoms with Crippen molar-refractivity contribution in [3.05, 3.63) is 71.5 Å². The van der Waals surface area contributed by atoms with Gasteiger partial charge in [0.2, 0.25) is 5.88 Å². The minimum atomic E-state index is -0.517. The van der Waals surface area contributed by atoms with E-state index in [-0.39, 0.29) is 24.1 Å². The van der Waals surface area contributed by atoms with Crippen molar-refractivity contribution in [1.29, 1.82) is 0 Å².